The maximum Gasteiger partial charge on any atom is 0.417 e. The van der Waals surface area contributed by atoms with Gasteiger partial charge in [0, 0.05) is 25.0 Å². The van der Waals surface area contributed by atoms with E-state index in [1.54, 1.807) is 57.0 Å². The first kappa shape index (κ1) is 30.3. The van der Waals surface area contributed by atoms with Crippen LogP contribution in [0.1, 0.15) is 52.7 Å². The minimum atomic E-state index is -0.667. The predicted octanol–water partition coefficient (Wildman–Crippen LogP) is 4.84. The summed E-state index contributed by atoms with van der Waals surface area (Å²) in [4.78, 5) is 36.9. The number of nitrogens with zero attached hydrogens (tertiary/aromatic N) is 2. The summed E-state index contributed by atoms with van der Waals surface area (Å²) in [7, 11) is 1.74. The molecular formula is C27H40N4O5. The molecule has 0 atom stereocenters. The highest BCUT2D eigenvalue weighted by Gasteiger charge is 2.22. The lowest BCUT2D eigenvalue weighted by molar-refractivity contribution is -0.118. The van der Waals surface area contributed by atoms with Gasteiger partial charge in [-0.25, -0.2) is 14.5 Å². The van der Waals surface area contributed by atoms with Crippen LogP contribution in [0.15, 0.2) is 48.5 Å². The van der Waals surface area contributed by atoms with Crippen molar-refractivity contribution >= 4 is 30.0 Å². The number of carbonyl (C=O) groups is 3. The van der Waals surface area contributed by atoms with Crippen LogP contribution in [0.4, 0.5) is 21.0 Å². The number of rotatable bonds is 6. The van der Waals surface area contributed by atoms with Crippen LogP contribution >= 0.6 is 0 Å². The van der Waals surface area contributed by atoms with Crippen molar-refractivity contribution in [2.24, 2.45) is 0 Å². The zero-order valence-electron chi connectivity index (χ0n) is 22.4. The Kier molecular flexibility index (Phi) is 11.2. The van der Waals surface area contributed by atoms with Gasteiger partial charge in [0.1, 0.15) is 11.2 Å². The van der Waals surface area contributed by atoms with E-state index < -0.39 is 17.3 Å². The maximum atomic E-state index is 11.7. The first-order valence-electron chi connectivity index (χ1n) is 11.7. The van der Waals surface area contributed by atoms with E-state index in [-0.39, 0.29) is 12.6 Å². The van der Waals surface area contributed by atoms with Crippen LogP contribution in [0, 0.1) is 0 Å². The number of nitrogen functional groups attached to an aromatic ring is 2. The lowest BCUT2D eigenvalue weighted by Gasteiger charge is -2.24. The third-order valence-corrected chi connectivity index (χ3v) is 4.45. The lowest BCUT2D eigenvalue weighted by Crippen LogP contribution is -2.35. The number of hydrogen-bond acceptors (Lipinski definition) is 7. The van der Waals surface area contributed by atoms with Gasteiger partial charge in [-0.2, -0.15) is 0 Å². The van der Waals surface area contributed by atoms with Crippen LogP contribution in [-0.4, -0.2) is 53.2 Å². The number of hydrogen-bond donors (Lipinski definition) is 2. The molecule has 0 aliphatic carbocycles. The number of imide groups is 1. The molecular weight excluding hydrogens is 460 g/mol. The molecule has 4 N–H and O–H groups in total. The van der Waals surface area contributed by atoms with Crippen LogP contribution in [-0.2, 0) is 27.2 Å². The van der Waals surface area contributed by atoms with Gasteiger partial charge in [0.2, 0.25) is 6.41 Å². The Hall–Kier alpha value is -3.75. The molecule has 9 nitrogen and oxygen atoms in total. The second-order valence-electron chi connectivity index (χ2n) is 10.4. The van der Waals surface area contributed by atoms with Crippen LogP contribution in [0.5, 0.6) is 0 Å². The summed E-state index contributed by atoms with van der Waals surface area (Å²) in [6.07, 6.45) is 0.254. The topological polar surface area (TPSA) is 128 Å². The molecule has 0 radical (unpaired) electrons. The fourth-order valence-corrected chi connectivity index (χ4v) is 2.83. The summed E-state index contributed by atoms with van der Waals surface area (Å²) in [5, 5.41) is 0. The SMILES string of the molecule is CC(C)(C)OC(=O)N(C=O)Cc1cccc(N)c1.CN(CCc1cccc(N)c1)C(=O)OC(C)(C)C. The summed E-state index contributed by atoms with van der Waals surface area (Å²) in [6.45, 7) is 11.6. The van der Waals surface area contributed by atoms with Crippen molar-refractivity contribution in [1.82, 2.24) is 9.80 Å². The number of nitrogens with two attached hydrogens (primary N) is 2. The van der Waals surface area contributed by atoms with E-state index in [4.69, 9.17) is 20.9 Å². The van der Waals surface area contributed by atoms with Gasteiger partial charge in [0.15, 0.2) is 0 Å². The minimum Gasteiger partial charge on any atom is -0.444 e. The first-order chi connectivity index (χ1) is 16.6. The molecule has 0 bridgehead atoms. The summed E-state index contributed by atoms with van der Waals surface area (Å²) in [5.74, 6) is 0. The van der Waals surface area contributed by atoms with E-state index in [0.29, 0.717) is 18.6 Å². The minimum absolute atomic E-state index is 0.142. The molecule has 198 valence electrons. The molecule has 36 heavy (non-hydrogen) atoms. The standard InChI is InChI=1S/C14H22N2O2.C13H18N2O3/c1-14(2,3)18-13(17)16(4)9-8-11-6-5-7-12(15)10-11;1-13(2,3)18-12(17)15(9-16)8-10-5-4-6-11(14)7-10/h5-7,10H,8-9,15H2,1-4H3;4-7,9H,8,14H2,1-3H3. The van der Waals surface area contributed by atoms with Crippen molar-refractivity contribution in [3.63, 3.8) is 0 Å². The van der Waals surface area contributed by atoms with Gasteiger partial charge < -0.3 is 25.8 Å². The summed E-state index contributed by atoms with van der Waals surface area (Å²) in [6, 6.07) is 14.7. The fourth-order valence-electron chi connectivity index (χ4n) is 2.83. The Morgan fingerprint density at radius 1 is 0.833 bits per heavy atom. The molecule has 0 unspecified atom stereocenters. The van der Waals surface area contributed by atoms with Gasteiger partial charge in [-0.05, 0) is 83.4 Å². The normalized spacial score (nSPS) is 11.0. The highest BCUT2D eigenvalue weighted by atomic mass is 16.6. The zero-order valence-corrected chi connectivity index (χ0v) is 22.4. The van der Waals surface area contributed by atoms with Crippen LogP contribution < -0.4 is 11.5 Å². The van der Waals surface area contributed by atoms with Gasteiger partial charge in [-0.3, -0.25) is 4.79 Å². The molecule has 0 heterocycles. The van der Waals surface area contributed by atoms with Crippen molar-refractivity contribution in [3.8, 4) is 0 Å². The molecule has 2 aromatic carbocycles. The third kappa shape index (κ3) is 12.6. The molecule has 2 rings (SSSR count). The third-order valence-electron chi connectivity index (χ3n) is 4.45. The second-order valence-corrected chi connectivity index (χ2v) is 10.4. The maximum absolute atomic E-state index is 11.7. The second kappa shape index (κ2) is 13.4. The van der Waals surface area contributed by atoms with E-state index in [9.17, 15) is 14.4 Å². The average molecular weight is 501 g/mol. The number of anilines is 2. The highest BCUT2D eigenvalue weighted by molar-refractivity contribution is 5.80. The summed E-state index contributed by atoms with van der Waals surface area (Å²) in [5.41, 5.74) is 13.5. The Balaban J connectivity index is 0.000000360. The van der Waals surface area contributed by atoms with Gasteiger partial charge in [0.05, 0.1) is 6.54 Å². The molecule has 0 saturated carbocycles. The van der Waals surface area contributed by atoms with Crippen molar-refractivity contribution in [2.75, 3.05) is 25.1 Å². The molecule has 0 saturated heterocycles. The first-order valence-corrected chi connectivity index (χ1v) is 11.7. The summed E-state index contributed by atoms with van der Waals surface area (Å²) < 4.78 is 10.4. The average Bonchev–Trinajstić information content (AvgIpc) is 2.74. The predicted molar refractivity (Wildman–Crippen MR) is 142 cm³/mol. The van der Waals surface area contributed by atoms with Gasteiger partial charge in [0.25, 0.3) is 0 Å². The van der Waals surface area contributed by atoms with Crippen molar-refractivity contribution in [2.45, 2.75) is 65.7 Å². The smallest absolute Gasteiger partial charge is 0.417 e. The lowest BCUT2D eigenvalue weighted by atomic mass is 10.1. The number of benzene rings is 2. The molecule has 0 aliphatic heterocycles. The summed E-state index contributed by atoms with van der Waals surface area (Å²) >= 11 is 0. The zero-order chi connectivity index (χ0) is 27.5. The fraction of sp³-hybridized carbons (Fsp3) is 0.444. The van der Waals surface area contributed by atoms with Crippen molar-refractivity contribution in [3.05, 3.63) is 59.7 Å². The van der Waals surface area contributed by atoms with Crippen molar-refractivity contribution in [1.29, 1.82) is 0 Å². The number of amides is 3. The van der Waals surface area contributed by atoms with Gasteiger partial charge in [-0.15, -0.1) is 0 Å². The molecule has 2 aromatic rings. The van der Waals surface area contributed by atoms with Crippen LogP contribution in [0.3, 0.4) is 0 Å². The van der Waals surface area contributed by atoms with E-state index in [0.717, 1.165) is 28.1 Å². The van der Waals surface area contributed by atoms with Crippen LogP contribution in [0.25, 0.3) is 0 Å². The Labute approximate surface area is 214 Å². The quantitative estimate of drug-likeness (QED) is 0.429. The monoisotopic (exact) mass is 500 g/mol. The van der Waals surface area contributed by atoms with E-state index in [1.165, 1.54) is 0 Å². The molecule has 0 aromatic heterocycles. The number of carbonyl (C=O) groups excluding carboxylic acids is 3. The van der Waals surface area contributed by atoms with E-state index >= 15 is 0 Å². The Morgan fingerprint density at radius 2 is 1.31 bits per heavy atom. The van der Waals surface area contributed by atoms with Crippen LogP contribution in [0.2, 0.25) is 0 Å². The molecule has 0 aliphatic rings. The molecule has 0 fully saturated rings. The number of likely N-dealkylation sites (N-methyl/N-ethyl adjacent to an activating group) is 1. The van der Waals surface area contributed by atoms with E-state index in [2.05, 4.69) is 0 Å². The Morgan fingerprint density at radius 3 is 1.78 bits per heavy atom. The highest BCUT2D eigenvalue weighted by Crippen LogP contribution is 2.14. The molecule has 0 spiro atoms. The van der Waals surface area contributed by atoms with Gasteiger partial charge in [-0.1, -0.05) is 24.3 Å². The van der Waals surface area contributed by atoms with Crippen molar-refractivity contribution < 1.29 is 23.9 Å². The molecule has 3 amide bonds. The Bertz CT molecular complexity index is 1010. The molecule has 9 heteroatoms. The van der Waals surface area contributed by atoms with E-state index in [1.807, 2.05) is 45.0 Å². The van der Waals surface area contributed by atoms with Gasteiger partial charge >= 0.3 is 12.2 Å². The largest absolute Gasteiger partial charge is 0.444 e. The number of ether oxygens (including phenoxy) is 2.